The first-order valence-corrected chi connectivity index (χ1v) is 7.63. The highest BCUT2D eigenvalue weighted by molar-refractivity contribution is 5.85. The monoisotopic (exact) mass is 299 g/mol. The summed E-state index contributed by atoms with van der Waals surface area (Å²) < 4.78 is 1.91. The van der Waals surface area contributed by atoms with Crippen LogP contribution < -0.4 is 5.73 Å². The predicted octanol–water partition coefficient (Wildman–Crippen LogP) is 2.26. The summed E-state index contributed by atoms with van der Waals surface area (Å²) in [6, 6.07) is 7.99. The summed E-state index contributed by atoms with van der Waals surface area (Å²) in [6.07, 6.45) is 5.94. The minimum atomic E-state index is -0.816. The molecule has 1 fully saturated rings. The van der Waals surface area contributed by atoms with Gasteiger partial charge in [-0.3, -0.25) is 4.79 Å². The summed E-state index contributed by atoms with van der Waals surface area (Å²) in [5.74, 6) is -0.627. The van der Waals surface area contributed by atoms with Gasteiger partial charge in [-0.15, -0.1) is 0 Å². The van der Waals surface area contributed by atoms with Crippen LogP contribution in [0.5, 0.6) is 0 Å². The fourth-order valence-electron chi connectivity index (χ4n) is 3.27. The SMILES string of the molecule is Cc1ccccc1-n1cnc(C2(C(=O)O)CC2CCCN)c1. The molecule has 1 heterocycles. The molecule has 116 valence electrons. The molecule has 0 spiro atoms. The Morgan fingerprint density at radius 2 is 2.27 bits per heavy atom. The average molecular weight is 299 g/mol. The number of carboxylic acids is 1. The Balaban J connectivity index is 1.90. The van der Waals surface area contributed by atoms with Gasteiger partial charge in [-0.2, -0.15) is 0 Å². The maximum absolute atomic E-state index is 11.8. The Kier molecular flexibility index (Phi) is 3.74. The minimum absolute atomic E-state index is 0.147. The molecule has 5 heteroatoms. The van der Waals surface area contributed by atoms with Crippen LogP contribution in [0.15, 0.2) is 36.8 Å². The standard InChI is InChI=1S/C17H21N3O2/c1-12-5-2-3-7-14(12)20-10-15(19-11-20)17(16(21)22)9-13(17)6-4-8-18/h2-3,5,7,10-11,13H,4,6,8-9,18H2,1H3,(H,21,22). The number of aliphatic carboxylic acids is 1. The highest BCUT2D eigenvalue weighted by atomic mass is 16.4. The Hall–Kier alpha value is -2.14. The van der Waals surface area contributed by atoms with Crippen molar-refractivity contribution in [3.05, 3.63) is 48.0 Å². The van der Waals surface area contributed by atoms with Crippen LogP contribution in [0.1, 0.15) is 30.5 Å². The van der Waals surface area contributed by atoms with Gasteiger partial charge in [-0.1, -0.05) is 18.2 Å². The summed E-state index contributed by atoms with van der Waals surface area (Å²) in [5, 5.41) is 9.68. The van der Waals surface area contributed by atoms with Crippen LogP contribution in [0.2, 0.25) is 0 Å². The normalized spacial score (nSPS) is 23.5. The number of hydrogen-bond acceptors (Lipinski definition) is 3. The minimum Gasteiger partial charge on any atom is -0.481 e. The Labute approximate surface area is 129 Å². The number of imidazole rings is 1. The van der Waals surface area contributed by atoms with Crippen molar-refractivity contribution in [2.24, 2.45) is 11.7 Å². The third kappa shape index (κ3) is 2.31. The Morgan fingerprint density at radius 3 is 2.95 bits per heavy atom. The van der Waals surface area contributed by atoms with Crippen LogP contribution in [0, 0.1) is 12.8 Å². The molecule has 1 saturated carbocycles. The summed E-state index contributed by atoms with van der Waals surface area (Å²) in [6.45, 7) is 2.63. The van der Waals surface area contributed by atoms with E-state index in [4.69, 9.17) is 5.73 Å². The third-order valence-corrected chi connectivity index (χ3v) is 4.68. The smallest absolute Gasteiger partial charge is 0.316 e. The highest BCUT2D eigenvalue weighted by Crippen LogP contribution is 2.56. The number of carbonyl (C=O) groups is 1. The van der Waals surface area contributed by atoms with Crippen LogP contribution in [-0.2, 0) is 10.2 Å². The molecule has 2 unspecified atom stereocenters. The fraction of sp³-hybridized carbons (Fsp3) is 0.412. The van der Waals surface area contributed by atoms with Gasteiger partial charge in [0.25, 0.3) is 0 Å². The van der Waals surface area contributed by atoms with Gasteiger partial charge in [-0.05, 0) is 50.3 Å². The second kappa shape index (κ2) is 5.57. The van der Waals surface area contributed by atoms with Crippen molar-refractivity contribution in [3.63, 3.8) is 0 Å². The molecule has 1 aromatic heterocycles. The zero-order valence-corrected chi connectivity index (χ0v) is 12.7. The van der Waals surface area contributed by atoms with E-state index in [1.165, 1.54) is 0 Å². The zero-order chi connectivity index (χ0) is 15.7. The first kappa shape index (κ1) is 14.8. The van der Waals surface area contributed by atoms with Gasteiger partial charge in [-0.25, -0.2) is 4.98 Å². The lowest BCUT2D eigenvalue weighted by Gasteiger charge is -2.10. The maximum atomic E-state index is 11.8. The van der Waals surface area contributed by atoms with Crippen molar-refractivity contribution in [1.29, 1.82) is 0 Å². The lowest BCUT2D eigenvalue weighted by molar-refractivity contribution is -0.140. The summed E-state index contributed by atoms with van der Waals surface area (Å²) in [5.41, 5.74) is 7.54. The first-order valence-electron chi connectivity index (χ1n) is 7.63. The van der Waals surface area contributed by atoms with Crippen molar-refractivity contribution in [2.45, 2.75) is 31.6 Å². The molecule has 3 rings (SSSR count). The molecule has 0 saturated heterocycles. The molecule has 0 aliphatic heterocycles. The summed E-state index contributed by atoms with van der Waals surface area (Å²) in [4.78, 5) is 16.2. The lowest BCUT2D eigenvalue weighted by atomic mass is 9.98. The molecule has 3 N–H and O–H groups in total. The molecule has 0 amide bonds. The third-order valence-electron chi connectivity index (χ3n) is 4.68. The van der Waals surface area contributed by atoms with E-state index in [0.29, 0.717) is 18.7 Å². The van der Waals surface area contributed by atoms with Gasteiger partial charge in [0.15, 0.2) is 0 Å². The number of aryl methyl sites for hydroxylation is 1. The lowest BCUT2D eigenvalue weighted by Crippen LogP contribution is -2.23. The number of aromatic nitrogens is 2. The second-order valence-electron chi connectivity index (χ2n) is 6.06. The zero-order valence-electron chi connectivity index (χ0n) is 12.7. The second-order valence-corrected chi connectivity index (χ2v) is 6.06. The summed E-state index contributed by atoms with van der Waals surface area (Å²) >= 11 is 0. The molecular weight excluding hydrogens is 278 g/mol. The van der Waals surface area contributed by atoms with E-state index in [-0.39, 0.29) is 5.92 Å². The maximum Gasteiger partial charge on any atom is 0.316 e. The molecule has 5 nitrogen and oxygen atoms in total. The number of nitrogens with two attached hydrogens (primary N) is 1. The molecule has 0 radical (unpaired) electrons. The van der Waals surface area contributed by atoms with Crippen molar-refractivity contribution in [3.8, 4) is 5.69 Å². The predicted molar refractivity (Wildman–Crippen MR) is 84.0 cm³/mol. The number of rotatable bonds is 6. The van der Waals surface area contributed by atoms with Gasteiger partial charge < -0.3 is 15.4 Å². The number of carboxylic acid groups (broad SMARTS) is 1. The number of benzene rings is 1. The average Bonchev–Trinajstić information content (AvgIpc) is 3.04. The number of hydrogen-bond donors (Lipinski definition) is 2. The molecule has 1 aromatic carbocycles. The van der Waals surface area contributed by atoms with E-state index in [9.17, 15) is 9.90 Å². The molecule has 1 aliphatic carbocycles. The van der Waals surface area contributed by atoms with Gasteiger partial charge in [0, 0.05) is 11.9 Å². The van der Waals surface area contributed by atoms with Crippen LogP contribution in [0.25, 0.3) is 5.69 Å². The number of nitrogens with zero attached hydrogens (tertiary/aromatic N) is 2. The molecule has 0 bridgehead atoms. The molecular formula is C17H21N3O2. The van der Waals surface area contributed by atoms with E-state index < -0.39 is 11.4 Å². The van der Waals surface area contributed by atoms with Crippen molar-refractivity contribution in [1.82, 2.24) is 9.55 Å². The van der Waals surface area contributed by atoms with Crippen LogP contribution in [-0.4, -0.2) is 27.2 Å². The Bertz CT molecular complexity index is 695. The fourth-order valence-corrected chi connectivity index (χ4v) is 3.27. The summed E-state index contributed by atoms with van der Waals surface area (Å²) in [7, 11) is 0. The van der Waals surface area contributed by atoms with E-state index in [2.05, 4.69) is 4.98 Å². The van der Waals surface area contributed by atoms with E-state index in [0.717, 1.165) is 24.1 Å². The van der Waals surface area contributed by atoms with Crippen molar-refractivity contribution < 1.29 is 9.90 Å². The van der Waals surface area contributed by atoms with E-state index >= 15 is 0 Å². The van der Waals surface area contributed by atoms with Gasteiger partial charge in [0.2, 0.25) is 0 Å². The van der Waals surface area contributed by atoms with Crippen LogP contribution >= 0.6 is 0 Å². The topological polar surface area (TPSA) is 81.1 Å². The van der Waals surface area contributed by atoms with Gasteiger partial charge in [0.05, 0.1) is 12.0 Å². The molecule has 22 heavy (non-hydrogen) atoms. The van der Waals surface area contributed by atoms with Crippen molar-refractivity contribution >= 4 is 5.97 Å². The highest BCUT2D eigenvalue weighted by Gasteiger charge is 2.62. The molecule has 2 aromatic rings. The largest absolute Gasteiger partial charge is 0.481 e. The number of para-hydroxylation sites is 1. The van der Waals surface area contributed by atoms with Crippen molar-refractivity contribution in [2.75, 3.05) is 6.54 Å². The molecule has 2 atom stereocenters. The first-order chi connectivity index (χ1) is 10.6. The van der Waals surface area contributed by atoms with Gasteiger partial charge in [0.1, 0.15) is 5.41 Å². The van der Waals surface area contributed by atoms with E-state index in [1.807, 2.05) is 42.0 Å². The van der Waals surface area contributed by atoms with E-state index in [1.54, 1.807) is 6.33 Å². The van der Waals surface area contributed by atoms with Crippen LogP contribution in [0.3, 0.4) is 0 Å². The van der Waals surface area contributed by atoms with Crippen LogP contribution in [0.4, 0.5) is 0 Å². The quantitative estimate of drug-likeness (QED) is 0.857. The Morgan fingerprint density at radius 1 is 1.50 bits per heavy atom. The van der Waals surface area contributed by atoms with Gasteiger partial charge >= 0.3 is 5.97 Å². The molecule has 1 aliphatic rings.